The van der Waals surface area contributed by atoms with Gasteiger partial charge in [0.15, 0.2) is 0 Å². The highest BCUT2D eigenvalue weighted by atomic mass is 16.6. The Hall–Kier alpha value is -4.39. The molecule has 0 spiro atoms. The van der Waals surface area contributed by atoms with Gasteiger partial charge in [-0.3, -0.25) is 4.90 Å². The van der Waals surface area contributed by atoms with E-state index >= 15 is 0 Å². The second-order valence-corrected chi connectivity index (χ2v) is 10.4. The predicted octanol–water partition coefficient (Wildman–Crippen LogP) is 4.69. The number of fused-ring (bicyclic) bond motifs is 2. The number of nitrogens with one attached hydrogen (secondary N) is 1. The van der Waals surface area contributed by atoms with Crippen LogP contribution in [-0.2, 0) is 24.1 Å². The number of carbonyl (C=O) groups excluding carboxylic acids is 1. The molecule has 2 aliphatic heterocycles. The summed E-state index contributed by atoms with van der Waals surface area (Å²) in [5.74, 6) is 0.957. The van der Waals surface area contributed by atoms with Crippen LogP contribution in [0.3, 0.4) is 0 Å². The number of carbonyl (C=O) groups is 1. The Balaban J connectivity index is 1.37. The van der Waals surface area contributed by atoms with E-state index in [4.69, 9.17) is 19.7 Å². The third kappa shape index (κ3) is 5.32. The second kappa shape index (κ2) is 10.2. The van der Waals surface area contributed by atoms with Gasteiger partial charge in [0, 0.05) is 24.0 Å². The van der Waals surface area contributed by atoms with Gasteiger partial charge in [0.2, 0.25) is 11.8 Å². The van der Waals surface area contributed by atoms with Crippen LogP contribution in [0, 0.1) is 18.3 Å². The van der Waals surface area contributed by atoms with Gasteiger partial charge in [0.05, 0.1) is 43.2 Å². The fraction of sp³-hybridized carbons (Fsp3) is 0.393. The van der Waals surface area contributed by atoms with E-state index in [1.54, 1.807) is 11.1 Å². The second-order valence-electron chi connectivity index (χ2n) is 10.4. The molecule has 0 bridgehead atoms. The number of ether oxygens (including phenoxy) is 2. The Kier molecular flexibility index (Phi) is 6.76. The van der Waals surface area contributed by atoms with Crippen LogP contribution in [0.4, 0.5) is 27.8 Å². The highest BCUT2D eigenvalue weighted by molar-refractivity contribution is 5.92. The van der Waals surface area contributed by atoms with Crippen LogP contribution in [0.15, 0.2) is 36.7 Å². The minimum atomic E-state index is -0.602. The molecule has 2 aliphatic rings. The fourth-order valence-corrected chi connectivity index (χ4v) is 4.64. The average molecular weight is 514 g/mol. The summed E-state index contributed by atoms with van der Waals surface area (Å²) in [6, 6.07) is 9.83. The summed E-state index contributed by atoms with van der Waals surface area (Å²) in [5, 5.41) is 12.1. The molecule has 0 saturated heterocycles. The summed E-state index contributed by atoms with van der Waals surface area (Å²) < 4.78 is 11.4. The molecule has 10 heteroatoms. The first-order chi connectivity index (χ1) is 18.2. The standard InChI is InChI=1S/C28H31N7O3/c1-18-23(16-30-25-24(18)35(13-14-37-25)27(36)38-28(2,3)4)34-12-10-20-15-31-26(33-22(20)17-34)32-21-7-5-19(6-8-21)9-11-29/h5-8,15-16H,9-10,12-14,17H2,1-4H3,(H,31,32,33). The van der Waals surface area contributed by atoms with Crippen LogP contribution in [0.1, 0.15) is 43.2 Å². The first-order valence-electron chi connectivity index (χ1n) is 12.7. The number of benzene rings is 1. The van der Waals surface area contributed by atoms with Crippen molar-refractivity contribution in [2.45, 2.75) is 52.7 Å². The summed E-state index contributed by atoms with van der Waals surface area (Å²) in [6.07, 6.45) is 4.45. The quantitative estimate of drug-likeness (QED) is 0.530. The molecule has 0 unspecified atom stereocenters. The number of aromatic nitrogens is 3. The van der Waals surface area contributed by atoms with E-state index in [-0.39, 0.29) is 0 Å². The van der Waals surface area contributed by atoms with Crippen LogP contribution >= 0.6 is 0 Å². The topological polar surface area (TPSA) is 116 Å². The van der Waals surface area contributed by atoms with E-state index < -0.39 is 11.7 Å². The van der Waals surface area contributed by atoms with Crippen molar-refractivity contribution >= 4 is 29.1 Å². The SMILES string of the molecule is Cc1c(N2CCc3cnc(Nc4ccc(CC#N)cc4)nc3C2)cnc2c1N(C(=O)OC(C)(C)C)CCO2. The number of nitrogens with zero attached hydrogens (tertiary/aromatic N) is 6. The van der Waals surface area contributed by atoms with Crippen molar-refractivity contribution in [1.82, 2.24) is 15.0 Å². The van der Waals surface area contributed by atoms with Gasteiger partial charge in [-0.05, 0) is 57.4 Å². The van der Waals surface area contributed by atoms with Crippen LogP contribution in [0.2, 0.25) is 0 Å². The highest BCUT2D eigenvalue weighted by Crippen LogP contribution is 2.39. The lowest BCUT2D eigenvalue weighted by atomic mass is 10.0. The van der Waals surface area contributed by atoms with Crippen molar-refractivity contribution in [3.8, 4) is 11.9 Å². The van der Waals surface area contributed by atoms with Crippen molar-refractivity contribution in [1.29, 1.82) is 5.26 Å². The van der Waals surface area contributed by atoms with E-state index in [9.17, 15) is 4.79 Å². The fourth-order valence-electron chi connectivity index (χ4n) is 4.64. The molecule has 3 aromatic rings. The smallest absolute Gasteiger partial charge is 0.415 e. The summed E-state index contributed by atoms with van der Waals surface area (Å²) in [5.41, 5.74) is 5.75. The maximum atomic E-state index is 13.0. The first-order valence-corrected chi connectivity index (χ1v) is 12.7. The molecule has 1 aromatic carbocycles. The third-order valence-corrected chi connectivity index (χ3v) is 6.46. The average Bonchev–Trinajstić information content (AvgIpc) is 2.88. The molecule has 0 radical (unpaired) electrons. The molecule has 0 saturated carbocycles. The minimum absolute atomic E-state index is 0.364. The zero-order chi connectivity index (χ0) is 26.9. The number of rotatable bonds is 4. The van der Waals surface area contributed by atoms with E-state index in [0.29, 0.717) is 43.6 Å². The molecule has 1 N–H and O–H groups in total. The summed E-state index contributed by atoms with van der Waals surface area (Å²) in [4.78, 5) is 30.7. The van der Waals surface area contributed by atoms with E-state index in [1.807, 2.05) is 58.2 Å². The van der Waals surface area contributed by atoms with Crippen molar-refractivity contribution in [3.63, 3.8) is 0 Å². The van der Waals surface area contributed by atoms with Gasteiger partial charge in [-0.15, -0.1) is 0 Å². The van der Waals surface area contributed by atoms with Crippen LogP contribution < -0.4 is 19.9 Å². The molecule has 1 amide bonds. The zero-order valence-corrected chi connectivity index (χ0v) is 22.1. The molecule has 196 valence electrons. The molecule has 0 fully saturated rings. The zero-order valence-electron chi connectivity index (χ0n) is 22.1. The van der Waals surface area contributed by atoms with E-state index in [2.05, 4.69) is 26.3 Å². The van der Waals surface area contributed by atoms with Gasteiger partial charge >= 0.3 is 6.09 Å². The number of hydrogen-bond donors (Lipinski definition) is 1. The Morgan fingerprint density at radius 2 is 1.97 bits per heavy atom. The number of amides is 1. The molecule has 38 heavy (non-hydrogen) atoms. The maximum Gasteiger partial charge on any atom is 0.415 e. The van der Waals surface area contributed by atoms with Crippen molar-refractivity contribution in [2.75, 3.05) is 34.8 Å². The van der Waals surface area contributed by atoms with E-state index in [0.717, 1.165) is 46.7 Å². The molecule has 5 rings (SSSR count). The van der Waals surface area contributed by atoms with Crippen molar-refractivity contribution < 1.29 is 14.3 Å². The Bertz CT molecular complexity index is 1390. The lowest BCUT2D eigenvalue weighted by Gasteiger charge is -2.35. The first kappa shape index (κ1) is 25.3. The van der Waals surface area contributed by atoms with Gasteiger partial charge < -0.3 is 19.7 Å². The van der Waals surface area contributed by atoms with Crippen molar-refractivity contribution in [3.05, 3.63) is 59.0 Å². The van der Waals surface area contributed by atoms with Gasteiger partial charge in [0.25, 0.3) is 0 Å². The Labute approximate surface area is 222 Å². The lowest BCUT2D eigenvalue weighted by Crippen LogP contribution is -2.42. The molecule has 10 nitrogen and oxygen atoms in total. The van der Waals surface area contributed by atoms with Crippen LogP contribution in [0.25, 0.3) is 0 Å². The normalized spacial score (nSPS) is 14.6. The highest BCUT2D eigenvalue weighted by Gasteiger charge is 2.32. The predicted molar refractivity (Wildman–Crippen MR) is 144 cm³/mol. The van der Waals surface area contributed by atoms with Gasteiger partial charge in [-0.1, -0.05) is 12.1 Å². The molecular formula is C28H31N7O3. The summed E-state index contributed by atoms with van der Waals surface area (Å²) in [6.45, 7) is 9.68. The monoisotopic (exact) mass is 513 g/mol. The number of pyridine rings is 1. The minimum Gasteiger partial charge on any atom is -0.474 e. The van der Waals surface area contributed by atoms with Gasteiger partial charge in [0.1, 0.15) is 17.9 Å². The van der Waals surface area contributed by atoms with Crippen molar-refractivity contribution in [2.24, 2.45) is 0 Å². The summed E-state index contributed by atoms with van der Waals surface area (Å²) >= 11 is 0. The summed E-state index contributed by atoms with van der Waals surface area (Å²) in [7, 11) is 0. The number of nitriles is 1. The third-order valence-electron chi connectivity index (χ3n) is 6.46. The van der Waals surface area contributed by atoms with E-state index in [1.165, 1.54) is 0 Å². The molecule has 4 heterocycles. The number of anilines is 4. The maximum absolute atomic E-state index is 13.0. The lowest BCUT2D eigenvalue weighted by molar-refractivity contribution is 0.0566. The Morgan fingerprint density at radius 1 is 1.18 bits per heavy atom. The van der Waals surface area contributed by atoms with Crippen LogP contribution in [0.5, 0.6) is 5.88 Å². The van der Waals surface area contributed by atoms with Crippen LogP contribution in [-0.4, -0.2) is 46.3 Å². The largest absolute Gasteiger partial charge is 0.474 e. The molecular weight excluding hydrogens is 482 g/mol. The molecule has 0 aliphatic carbocycles. The molecule has 0 atom stereocenters. The number of hydrogen-bond acceptors (Lipinski definition) is 9. The van der Waals surface area contributed by atoms with Gasteiger partial charge in [-0.2, -0.15) is 5.26 Å². The van der Waals surface area contributed by atoms with Gasteiger partial charge in [-0.25, -0.2) is 19.7 Å². The molecule has 2 aromatic heterocycles. The Morgan fingerprint density at radius 3 is 2.71 bits per heavy atom.